The quantitative estimate of drug-likeness (QED) is 0.289. The summed E-state index contributed by atoms with van der Waals surface area (Å²) in [4.78, 5) is 25.0. The molecule has 14 nitrogen and oxygen atoms in total. The van der Waals surface area contributed by atoms with E-state index in [9.17, 15) is 9.36 Å². The molecule has 6 atom stereocenters. The van der Waals surface area contributed by atoms with Crippen LogP contribution in [0, 0.1) is 0 Å². The van der Waals surface area contributed by atoms with Gasteiger partial charge in [0.25, 0.3) is 0 Å². The van der Waals surface area contributed by atoms with Crippen LogP contribution in [0.1, 0.15) is 38.2 Å². The fourth-order valence-electron chi connectivity index (χ4n) is 5.01. The van der Waals surface area contributed by atoms with Crippen LogP contribution >= 0.6 is 31.0 Å². The second kappa shape index (κ2) is 10.3. The van der Waals surface area contributed by atoms with E-state index < -0.39 is 44.1 Å². The van der Waals surface area contributed by atoms with E-state index in [2.05, 4.69) is 15.0 Å². The van der Waals surface area contributed by atoms with E-state index in [4.69, 9.17) is 61.5 Å². The summed E-state index contributed by atoms with van der Waals surface area (Å²) >= 11 is 12.2. The SMILES string of the molecule is CCOc1nc(N)nc2c1ncn2[C@@H]1O[C@H](CO[P@@]2(=O)OCC[C@@H](c3cc(Cl)cc(Cl)c3)O2)[C@H]2OC(=O)O[C@]21C. The van der Waals surface area contributed by atoms with Gasteiger partial charge in [0.2, 0.25) is 11.8 Å². The van der Waals surface area contributed by atoms with Crippen LogP contribution in [0.5, 0.6) is 5.88 Å². The Morgan fingerprint density at radius 1 is 1.25 bits per heavy atom. The van der Waals surface area contributed by atoms with Gasteiger partial charge in [0.15, 0.2) is 29.1 Å². The number of hydrogen-bond donors (Lipinski definition) is 1. The van der Waals surface area contributed by atoms with Gasteiger partial charge in [-0.1, -0.05) is 23.2 Å². The van der Waals surface area contributed by atoms with E-state index in [0.29, 0.717) is 39.8 Å². The molecule has 3 saturated heterocycles. The van der Waals surface area contributed by atoms with E-state index in [-0.39, 0.29) is 25.0 Å². The topological polar surface area (TPSA) is 168 Å². The number of phosphoric ester groups is 1. The summed E-state index contributed by atoms with van der Waals surface area (Å²) in [7, 11) is -4.05. The Kier molecular flexibility index (Phi) is 7.06. The molecule has 2 N–H and O–H groups in total. The molecule has 3 aliphatic rings. The lowest BCUT2D eigenvalue weighted by atomic mass is 9.96. The molecule has 0 aliphatic carbocycles. The monoisotopic (exact) mass is 615 g/mol. The predicted molar refractivity (Wildman–Crippen MR) is 139 cm³/mol. The highest BCUT2D eigenvalue weighted by atomic mass is 35.5. The Labute approximate surface area is 237 Å². The molecule has 3 fully saturated rings. The minimum Gasteiger partial charge on any atom is -0.476 e. The first-order chi connectivity index (χ1) is 19.1. The summed E-state index contributed by atoms with van der Waals surface area (Å²) in [6.45, 7) is 3.55. The third-order valence-corrected chi connectivity index (χ3v) is 8.62. The van der Waals surface area contributed by atoms with Crippen molar-refractivity contribution in [2.75, 3.05) is 25.6 Å². The third kappa shape index (κ3) is 4.87. The second-order valence-corrected chi connectivity index (χ2v) is 11.9. The molecule has 17 heteroatoms. The lowest BCUT2D eigenvalue weighted by molar-refractivity contribution is -0.0925. The molecule has 2 aromatic heterocycles. The molecule has 214 valence electrons. The molecule has 0 radical (unpaired) electrons. The third-order valence-electron chi connectivity index (χ3n) is 6.70. The molecular formula is C23H24Cl2N5O9P. The van der Waals surface area contributed by atoms with Gasteiger partial charge in [0.05, 0.1) is 32.3 Å². The van der Waals surface area contributed by atoms with Crippen molar-refractivity contribution < 1.29 is 41.9 Å². The highest BCUT2D eigenvalue weighted by Crippen LogP contribution is 2.58. The van der Waals surface area contributed by atoms with Crippen LogP contribution in [0.4, 0.5) is 10.7 Å². The van der Waals surface area contributed by atoms with Gasteiger partial charge >= 0.3 is 14.0 Å². The number of nitrogens with two attached hydrogens (primary N) is 1. The number of halogens is 2. The van der Waals surface area contributed by atoms with Gasteiger partial charge in [0, 0.05) is 16.5 Å². The first-order valence-electron chi connectivity index (χ1n) is 12.3. The summed E-state index contributed by atoms with van der Waals surface area (Å²) in [6.07, 6.45) is -2.51. The summed E-state index contributed by atoms with van der Waals surface area (Å²) in [5, 5.41) is 0.821. The summed E-state index contributed by atoms with van der Waals surface area (Å²) < 4.78 is 54.5. The molecule has 3 aromatic rings. The van der Waals surface area contributed by atoms with Gasteiger partial charge in [-0.3, -0.25) is 18.1 Å². The van der Waals surface area contributed by atoms with E-state index in [1.165, 1.54) is 6.33 Å². The normalized spacial score (nSPS) is 31.6. The average Bonchev–Trinajstić information content (AvgIpc) is 3.51. The van der Waals surface area contributed by atoms with Crippen LogP contribution in [-0.2, 0) is 32.3 Å². The zero-order valence-corrected chi connectivity index (χ0v) is 23.6. The highest BCUT2D eigenvalue weighted by molar-refractivity contribution is 7.48. The summed E-state index contributed by atoms with van der Waals surface area (Å²) in [5.74, 6) is 0.153. The largest absolute Gasteiger partial charge is 0.509 e. The lowest BCUT2D eigenvalue weighted by Crippen LogP contribution is -2.42. The zero-order chi connectivity index (χ0) is 28.2. The molecule has 3 aliphatic heterocycles. The molecule has 0 unspecified atom stereocenters. The molecule has 5 heterocycles. The van der Waals surface area contributed by atoms with Gasteiger partial charge in [0.1, 0.15) is 6.10 Å². The van der Waals surface area contributed by atoms with Gasteiger partial charge in [-0.25, -0.2) is 14.3 Å². The number of phosphoric acid groups is 1. The Morgan fingerprint density at radius 3 is 2.77 bits per heavy atom. The van der Waals surface area contributed by atoms with Crippen molar-refractivity contribution in [3.8, 4) is 5.88 Å². The van der Waals surface area contributed by atoms with Crippen LogP contribution in [0.15, 0.2) is 24.5 Å². The average molecular weight is 616 g/mol. The maximum absolute atomic E-state index is 13.4. The van der Waals surface area contributed by atoms with Crippen molar-refractivity contribution in [3.63, 3.8) is 0 Å². The van der Waals surface area contributed by atoms with Crippen molar-refractivity contribution >= 4 is 54.3 Å². The van der Waals surface area contributed by atoms with Crippen LogP contribution in [0.25, 0.3) is 11.2 Å². The van der Waals surface area contributed by atoms with E-state index in [1.54, 1.807) is 36.6 Å². The van der Waals surface area contributed by atoms with Crippen molar-refractivity contribution in [1.82, 2.24) is 19.5 Å². The van der Waals surface area contributed by atoms with Crippen molar-refractivity contribution in [2.45, 2.75) is 50.4 Å². The number of benzene rings is 1. The Morgan fingerprint density at radius 2 is 2.02 bits per heavy atom. The molecule has 1 aromatic carbocycles. The van der Waals surface area contributed by atoms with Gasteiger partial charge in [-0.15, -0.1) is 0 Å². The zero-order valence-electron chi connectivity index (χ0n) is 21.2. The number of fused-ring (bicyclic) bond motifs is 2. The second-order valence-electron chi connectivity index (χ2n) is 9.41. The first kappa shape index (κ1) is 27.5. The molecule has 0 amide bonds. The number of ether oxygens (including phenoxy) is 4. The van der Waals surface area contributed by atoms with Crippen LogP contribution in [-0.4, -0.2) is 63.3 Å². The summed E-state index contributed by atoms with van der Waals surface area (Å²) in [6, 6.07) is 4.92. The van der Waals surface area contributed by atoms with Gasteiger partial charge in [-0.2, -0.15) is 9.97 Å². The number of aromatic nitrogens is 4. The Balaban J connectivity index is 1.24. The van der Waals surface area contributed by atoms with Gasteiger partial charge in [-0.05, 0) is 37.6 Å². The molecule has 0 bridgehead atoms. The number of imidazole rings is 1. The minimum absolute atomic E-state index is 0.0443. The van der Waals surface area contributed by atoms with E-state index in [1.807, 2.05) is 0 Å². The lowest BCUT2D eigenvalue weighted by Gasteiger charge is -2.30. The van der Waals surface area contributed by atoms with Crippen LogP contribution < -0.4 is 10.5 Å². The number of carbonyl (C=O) groups excluding carboxylic acids is 1. The van der Waals surface area contributed by atoms with E-state index in [0.717, 1.165) is 0 Å². The molecule has 0 spiro atoms. The molecule has 0 saturated carbocycles. The molecular weight excluding hydrogens is 592 g/mol. The highest BCUT2D eigenvalue weighted by Gasteiger charge is 2.64. The maximum atomic E-state index is 13.4. The molecule has 6 rings (SSSR count). The van der Waals surface area contributed by atoms with Crippen molar-refractivity contribution in [3.05, 3.63) is 40.1 Å². The number of nitrogen functional groups attached to an aromatic ring is 1. The Hall–Kier alpha value is -2.71. The number of hydrogen-bond acceptors (Lipinski definition) is 13. The standard InChI is InChI=1S/C23H24Cl2N5O9P/c1-3-33-19-16-18(28-21(26)29-19)30(10-27-16)20-23(2)17(37-22(31)38-23)15(36-20)9-35-40(32)34-5-4-14(39-40)11-6-12(24)8-13(25)7-11/h6-8,10,14-15,17,20H,3-5,9H2,1-2H3,(H2,26,28,29)/t14-,15+,17+,20+,23+,40+/m0/s1. The fraction of sp³-hybridized carbons (Fsp3) is 0.478. The fourth-order valence-corrected chi connectivity index (χ4v) is 6.94. The smallest absolute Gasteiger partial charge is 0.476 e. The first-order valence-corrected chi connectivity index (χ1v) is 14.5. The molecule has 40 heavy (non-hydrogen) atoms. The number of carbonyl (C=O) groups is 1. The summed E-state index contributed by atoms with van der Waals surface area (Å²) in [5.41, 5.74) is 5.83. The van der Waals surface area contributed by atoms with Crippen molar-refractivity contribution in [2.24, 2.45) is 0 Å². The van der Waals surface area contributed by atoms with Crippen LogP contribution in [0.2, 0.25) is 10.0 Å². The van der Waals surface area contributed by atoms with E-state index >= 15 is 0 Å². The Bertz CT molecular complexity index is 1510. The van der Waals surface area contributed by atoms with Crippen molar-refractivity contribution in [1.29, 1.82) is 0 Å². The van der Waals surface area contributed by atoms with Crippen LogP contribution in [0.3, 0.4) is 0 Å². The predicted octanol–water partition coefficient (Wildman–Crippen LogP) is 4.61. The van der Waals surface area contributed by atoms with Gasteiger partial charge < -0.3 is 24.7 Å². The minimum atomic E-state index is -4.05. The number of rotatable bonds is 7. The number of anilines is 1. The maximum Gasteiger partial charge on any atom is 0.509 e. The number of nitrogens with zero attached hydrogens (tertiary/aromatic N) is 4.